The predicted molar refractivity (Wildman–Crippen MR) is 170 cm³/mol. The maximum absolute atomic E-state index is 13.7. The summed E-state index contributed by atoms with van der Waals surface area (Å²) in [5, 5.41) is 10.6. The molecule has 0 radical (unpaired) electrons. The Labute approximate surface area is 256 Å². The second kappa shape index (κ2) is 13.0. The molecular formula is C35H37ClFN3O3. The van der Waals surface area contributed by atoms with Gasteiger partial charge < -0.3 is 20.4 Å². The highest BCUT2D eigenvalue weighted by atomic mass is 35.5. The number of carbonyl (C=O) groups excluding carboxylic acids is 2. The van der Waals surface area contributed by atoms with Gasteiger partial charge in [0, 0.05) is 40.6 Å². The van der Waals surface area contributed by atoms with E-state index in [9.17, 15) is 14.0 Å². The topological polar surface area (TPSA) is 83.4 Å². The van der Waals surface area contributed by atoms with Crippen LogP contribution in [0.5, 0.6) is 0 Å². The molecule has 1 unspecified atom stereocenters. The number of furan rings is 1. The summed E-state index contributed by atoms with van der Waals surface area (Å²) in [7, 11) is 1.58. The van der Waals surface area contributed by atoms with Crippen molar-refractivity contribution in [3.8, 4) is 11.3 Å². The minimum Gasteiger partial charge on any atom is -0.455 e. The first-order valence-corrected chi connectivity index (χ1v) is 15.0. The molecule has 8 heteroatoms. The lowest BCUT2D eigenvalue weighted by Crippen LogP contribution is -2.45. The van der Waals surface area contributed by atoms with Gasteiger partial charge in [-0.1, -0.05) is 42.0 Å². The van der Waals surface area contributed by atoms with E-state index in [4.69, 9.17) is 16.0 Å². The molecule has 6 nitrogen and oxygen atoms in total. The number of carbonyl (C=O) groups is 2. The van der Waals surface area contributed by atoms with Gasteiger partial charge in [0.1, 0.15) is 17.0 Å². The van der Waals surface area contributed by atoms with Gasteiger partial charge in [0.25, 0.3) is 11.8 Å². The molecule has 5 rings (SSSR count). The van der Waals surface area contributed by atoms with Crippen LogP contribution in [0, 0.1) is 11.7 Å². The van der Waals surface area contributed by atoms with Crippen LogP contribution in [-0.4, -0.2) is 30.9 Å². The lowest BCUT2D eigenvalue weighted by atomic mass is 9.88. The van der Waals surface area contributed by atoms with Crippen LogP contribution in [-0.2, 0) is 4.79 Å². The molecule has 0 saturated carbocycles. The number of amides is 2. The Kier molecular flexibility index (Phi) is 9.21. The molecule has 0 bridgehead atoms. The Morgan fingerprint density at radius 1 is 1.14 bits per heavy atom. The Balaban J connectivity index is 1.46. The van der Waals surface area contributed by atoms with Crippen molar-refractivity contribution in [2.24, 2.45) is 5.92 Å². The summed E-state index contributed by atoms with van der Waals surface area (Å²) >= 11 is 6.23. The van der Waals surface area contributed by atoms with Crippen molar-refractivity contribution >= 4 is 35.1 Å². The van der Waals surface area contributed by atoms with Crippen molar-refractivity contribution in [2.45, 2.75) is 51.5 Å². The molecule has 1 atom stereocenters. The maximum Gasteiger partial charge on any atom is 0.255 e. The van der Waals surface area contributed by atoms with E-state index in [1.165, 1.54) is 12.1 Å². The molecule has 2 amide bonds. The fourth-order valence-corrected chi connectivity index (χ4v) is 5.87. The van der Waals surface area contributed by atoms with Gasteiger partial charge in [-0.15, -0.1) is 0 Å². The third kappa shape index (κ3) is 6.94. The average molecular weight is 602 g/mol. The van der Waals surface area contributed by atoms with Crippen molar-refractivity contribution in [3.63, 3.8) is 0 Å². The summed E-state index contributed by atoms with van der Waals surface area (Å²) in [5.74, 6) is -0.351. The zero-order valence-electron chi connectivity index (χ0n) is 24.7. The Morgan fingerprint density at radius 3 is 2.65 bits per heavy atom. The van der Waals surface area contributed by atoms with Crippen LogP contribution in [0.15, 0.2) is 87.5 Å². The number of hydrogen-bond donors (Lipinski definition) is 3. The van der Waals surface area contributed by atoms with E-state index in [2.05, 4.69) is 16.0 Å². The van der Waals surface area contributed by atoms with Crippen LogP contribution < -0.4 is 26.6 Å². The van der Waals surface area contributed by atoms with Crippen molar-refractivity contribution in [1.82, 2.24) is 16.0 Å². The first kappa shape index (κ1) is 30.4. The van der Waals surface area contributed by atoms with Crippen molar-refractivity contribution < 1.29 is 18.4 Å². The van der Waals surface area contributed by atoms with Gasteiger partial charge in [0.05, 0.1) is 11.1 Å². The van der Waals surface area contributed by atoms with E-state index >= 15 is 0 Å². The first-order valence-electron chi connectivity index (χ1n) is 14.7. The van der Waals surface area contributed by atoms with Crippen LogP contribution in [0.2, 0.25) is 0 Å². The van der Waals surface area contributed by atoms with E-state index in [0.29, 0.717) is 46.1 Å². The molecule has 2 heterocycles. The highest BCUT2D eigenvalue weighted by molar-refractivity contribution is 6.29. The molecule has 2 aromatic rings. The Morgan fingerprint density at radius 2 is 1.93 bits per heavy atom. The average Bonchev–Trinajstić information content (AvgIpc) is 3.60. The largest absolute Gasteiger partial charge is 0.455 e. The van der Waals surface area contributed by atoms with Gasteiger partial charge in [-0.3, -0.25) is 9.59 Å². The molecule has 2 aliphatic carbocycles. The molecule has 224 valence electrons. The predicted octanol–water partition coefficient (Wildman–Crippen LogP) is 5.51. The van der Waals surface area contributed by atoms with Gasteiger partial charge in [0.15, 0.2) is 0 Å². The summed E-state index contributed by atoms with van der Waals surface area (Å²) in [6.45, 7) is 4.60. The molecule has 43 heavy (non-hydrogen) atoms. The molecule has 1 aliphatic heterocycles. The minimum atomic E-state index is -0.520. The van der Waals surface area contributed by atoms with Crippen LogP contribution in [0.25, 0.3) is 23.0 Å². The first-order chi connectivity index (χ1) is 20.7. The van der Waals surface area contributed by atoms with Crippen LogP contribution in [0.1, 0.15) is 56.3 Å². The Hall–Kier alpha value is -4.10. The monoisotopic (exact) mass is 601 g/mol. The highest BCUT2D eigenvalue weighted by Gasteiger charge is 2.27. The van der Waals surface area contributed by atoms with E-state index in [0.717, 1.165) is 41.9 Å². The molecule has 0 spiro atoms. The molecular weight excluding hydrogens is 565 g/mol. The number of nitrogens with one attached hydrogen (secondary N) is 3. The van der Waals surface area contributed by atoms with Crippen molar-refractivity contribution in [2.75, 3.05) is 13.6 Å². The van der Waals surface area contributed by atoms with E-state index in [1.807, 2.05) is 62.6 Å². The quantitative estimate of drug-likeness (QED) is 0.391. The lowest BCUT2D eigenvalue weighted by Gasteiger charge is -2.30. The number of hydrogen-bond acceptors (Lipinski definition) is 4. The second-order valence-electron chi connectivity index (χ2n) is 11.6. The third-order valence-corrected chi connectivity index (χ3v) is 8.40. The summed E-state index contributed by atoms with van der Waals surface area (Å²) in [6.07, 6.45) is 19.6. The van der Waals surface area contributed by atoms with E-state index in [-0.39, 0.29) is 23.5 Å². The molecule has 1 aromatic carbocycles. The molecule has 3 N–H and O–H groups in total. The Bertz CT molecular complexity index is 1690. The van der Waals surface area contributed by atoms with E-state index < -0.39 is 5.54 Å². The van der Waals surface area contributed by atoms with Crippen LogP contribution in [0.3, 0.4) is 0 Å². The van der Waals surface area contributed by atoms with Gasteiger partial charge in [-0.2, -0.15) is 0 Å². The molecule has 0 fully saturated rings. The fourth-order valence-electron chi connectivity index (χ4n) is 5.67. The molecule has 1 aromatic heterocycles. The van der Waals surface area contributed by atoms with E-state index in [1.54, 1.807) is 19.2 Å². The molecule has 3 aliphatic rings. The normalized spacial score (nSPS) is 20.2. The number of benzene rings is 1. The van der Waals surface area contributed by atoms with Gasteiger partial charge >= 0.3 is 0 Å². The zero-order valence-corrected chi connectivity index (χ0v) is 25.5. The number of halogens is 2. The third-order valence-electron chi connectivity index (χ3n) is 8.09. The lowest BCUT2D eigenvalue weighted by molar-refractivity contribution is -0.118. The summed E-state index contributed by atoms with van der Waals surface area (Å²) < 4.78 is 20.1. The fraction of sp³-hybridized carbons (Fsp3) is 0.314. The number of rotatable bonds is 7. The van der Waals surface area contributed by atoms with Crippen LogP contribution in [0.4, 0.5) is 4.39 Å². The highest BCUT2D eigenvalue weighted by Crippen LogP contribution is 2.29. The smallest absolute Gasteiger partial charge is 0.255 e. The summed E-state index contributed by atoms with van der Waals surface area (Å²) in [5.41, 5.74) is 3.76. The maximum atomic E-state index is 13.7. The van der Waals surface area contributed by atoms with Gasteiger partial charge in [-0.25, -0.2) is 4.39 Å². The number of allylic oxidation sites excluding steroid dienone is 5. The van der Waals surface area contributed by atoms with Crippen molar-refractivity contribution in [1.29, 1.82) is 0 Å². The van der Waals surface area contributed by atoms with Gasteiger partial charge in [-0.05, 0) is 100 Å². The van der Waals surface area contributed by atoms with Gasteiger partial charge in [0.2, 0.25) is 0 Å². The standard InChI is InChI=1S/C35H37ClFN3O3/c1-35(2,26-8-5-9-27(36)14-13-26)40-33(41)24-7-4-6-22(20-24)10-17-29-30(34(42)38-3)32(23-11-15-28(37)16-12-23)43-31(29)25-18-19-39-21-25/h4,7,11-20,22,39H,5-6,8-10,21H2,1-3H3,(H,38,42)(H,40,41)/b29-17-,31-25+. The SMILES string of the molecule is CNC(=O)c1c(-c2ccc(F)cc2)oc(=C2\C=CNC2)/c1=C\CC1C=C(C(=O)NC(C)(C)C2=CC=C(Cl)CCC2)C=CC1. The van der Waals surface area contributed by atoms with Crippen LogP contribution >= 0.6 is 11.6 Å². The summed E-state index contributed by atoms with van der Waals surface area (Å²) in [6, 6.07) is 5.92. The molecule has 0 saturated heterocycles. The summed E-state index contributed by atoms with van der Waals surface area (Å²) in [4.78, 5) is 26.6. The minimum absolute atomic E-state index is 0.0458. The second-order valence-corrected chi connectivity index (χ2v) is 12.1. The zero-order chi connectivity index (χ0) is 30.6. The van der Waals surface area contributed by atoms with Crippen molar-refractivity contribution in [3.05, 3.63) is 105 Å².